The highest BCUT2D eigenvalue weighted by Gasteiger charge is 2.53. The largest absolute Gasteiger partial charge is 0.471 e. The monoisotopic (exact) mass is 596 g/mol. The van der Waals surface area contributed by atoms with Gasteiger partial charge < -0.3 is 20.9 Å². The molecule has 1 saturated carbocycles. The van der Waals surface area contributed by atoms with Gasteiger partial charge in [-0.2, -0.15) is 17.6 Å². The van der Waals surface area contributed by atoms with Crippen molar-refractivity contribution in [3.63, 3.8) is 0 Å². The molecule has 40 heavy (non-hydrogen) atoms. The van der Waals surface area contributed by atoms with Crippen molar-refractivity contribution in [2.24, 2.45) is 23.2 Å². The number of carbonyl (C=O) groups is 4. The Morgan fingerprint density at radius 3 is 2.30 bits per heavy atom. The third-order valence-electron chi connectivity index (χ3n) is 7.80. The number of sulfone groups is 1. The first-order valence-corrected chi connectivity index (χ1v) is 15.0. The van der Waals surface area contributed by atoms with E-state index in [1.54, 1.807) is 5.32 Å². The summed E-state index contributed by atoms with van der Waals surface area (Å²) in [7, 11) is -4.24. The Balaban J connectivity index is 1.91. The number of nitrogens with zero attached hydrogens (tertiary/aromatic N) is 1. The Kier molecular flexibility index (Phi) is 9.26. The lowest BCUT2D eigenvalue weighted by Gasteiger charge is -2.36. The molecule has 10 nitrogen and oxygen atoms in total. The third-order valence-corrected chi connectivity index (χ3v) is 8.65. The van der Waals surface area contributed by atoms with Gasteiger partial charge in [-0.3, -0.25) is 19.2 Å². The number of alkyl halides is 3. The molecule has 2 heterocycles. The molecule has 0 aromatic carbocycles. The van der Waals surface area contributed by atoms with Crippen molar-refractivity contribution < 1.29 is 45.2 Å². The summed E-state index contributed by atoms with van der Waals surface area (Å²) >= 11 is 0. The van der Waals surface area contributed by atoms with Crippen molar-refractivity contribution >= 4 is 33.5 Å². The van der Waals surface area contributed by atoms with E-state index in [2.05, 4.69) is 10.6 Å². The van der Waals surface area contributed by atoms with E-state index in [4.69, 9.17) is 0 Å². The molecule has 0 aromatic rings. The second-order valence-corrected chi connectivity index (χ2v) is 13.9. The molecule has 1 aliphatic carbocycles. The van der Waals surface area contributed by atoms with Crippen molar-refractivity contribution in [1.82, 2.24) is 20.9 Å². The molecule has 0 unspecified atom stereocenters. The van der Waals surface area contributed by atoms with E-state index in [1.807, 2.05) is 0 Å². The lowest BCUT2D eigenvalue weighted by atomic mass is 9.85. The van der Waals surface area contributed by atoms with Crippen molar-refractivity contribution in [3.05, 3.63) is 11.2 Å². The highest BCUT2D eigenvalue weighted by molar-refractivity contribution is 7.94. The Hall–Kier alpha value is -2.71. The normalized spacial score (nSPS) is 27.1. The van der Waals surface area contributed by atoms with E-state index >= 15 is 0 Å². The maximum absolute atomic E-state index is 14.5. The van der Waals surface area contributed by atoms with Crippen LogP contribution in [0, 0.1) is 23.2 Å². The number of nitrogens with one attached hydrogen (secondary N) is 3. The zero-order chi connectivity index (χ0) is 30.2. The average Bonchev–Trinajstić information content (AvgIpc) is 3.50. The smallest absolute Gasteiger partial charge is 0.356 e. The molecule has 6 atom stereocenters. The summed E-state index contributed by atoms with van der Waals surface area (Å²) in [5, 5.41) is 5.50. The number of fused-ring (bicyclic) bond motifs is 1. The molecule has 2 aliphatic heterocycles. The van der Waals surface area contributed by atoms with Crippen LogP contribution < -0.4 is 16.0 Å². The van der Waals surface area contributed by atoms with Gasteiger partial charge in [0.25, 0.3) is 0 Å². The predicted molar refractivity (Wildman–Crippen MR) is 135 cm³/mol. The number of hydrogen-bond acceptors (Lipinski definition) is 6. The van der Waals surface area contributed by atoms with Gasteiger partial charge in [-0.25, -0.2) is 8.42 Å². The van der Waals surface area contributed by atoms with E-state index in [1.165, 1.54) is 25.7 Å². The molecule has 0 aromatic heterocycles. The highest BCUT2D eigenvalue weighted by Crippen LogP contribution is 2.43. The molecule has 0 radical (unpaired) electrons. The van der Waals surface area contributed by atoms with Gasteiger partial charge >= 0.3 is 12.1 Å². The minimum Gasteiger partial charge on any atom is -0.356 e. The number of likely N-dealkylation sites (tertiary alicyclic amines) is 1. The molecule has 3 rings (SSSR count). The van der Waals surface area contributed by atoms with Crippen LogP contribution in [-0.4, -0.2) is 80.6 Å². The Labute approximate surface area is 230 Å². The second kappa shape index (κ2) is 11.6. The fraction of sp³-hybridized carbons (Fsp3) is 0.760. The first-order chi connectivity index (χ1) is 18.3. The molecule has 0 bridgehead atoms. The molecule has 0 spiro atoms. The van der Waals surface area contributed by atoms with Crippen LogP contribution in [0.1, 0.15) is 52.9 Å². The van der Waals surface area contributed by atoms with Crippen molar-refractivity contribution in [1.29, 1.82) is 0 Å². The van der Waals surface area contributed by atoms with Gasteiger partial charge in [-0.1, -0.05) is 27.2 Å². The van der Waals surface area contributed by atoms with Gasteiger partial charge in [0.1, 0.15) is 12.1 Å². The number of hydrogen-bond donors (Lipinski definition) is 3. The van der Waals surface area contributed by atoms with Crippen molar-refractivity contribution in [2.75, 3.05) is 19.3 Å². The summed E-state index contributed by atoms with van der Waals surface area (Å²) in [4.78, 5) is 52.4. The van der Waals surface area contributed by atoms with Crippen LogP contribution in [0.25, 0.3) is 0 Å². The summed E-state index contributed by atoms with van der Waals surface area (Å²) in [6, 6.07) is -3.95. The van der Waals surface area contributed by atoms with E-state index in [0.29, 0.717) is 38.1 Å². The highest BCUT2D eigenvalue weighted by atomic mass is 32.2. The molecule has 226 valence electrons. The van der Waals surface area contributed by atoms with Gasteiger partial charge in [0.15, 0.2) is 0 Å². The predicted octanol–water partition coefficient (Wildman–Crippen LogP) is 1.57. The molecule has 2 saturated heterocycles. The number of carbonyl (C=O) groups excluding carboxylic acids is 4. The lowest BCUT2D eigenvalue weighted by molar-refractivity contribution is -0.176. The van der Waals surface area contributed by atoms with Crippen LogP contribution in [-0.2, 0) is 29.0 Å². The summed E-state index contributed by atoms with van der Waals surface area (Å²) in [5.41, 5.74) is -1.14. The summed E-state index contributed by atoms with van der Waals surface area (Å²) in [5.74, 6) is -5.25. The Morgan fingerprint density at radius 2 is 1.77 bits per heavy atom. The van der Waals surface area contributed by atoms with Crippen LogP contribution in [0.4, 0.5) is 17.6 Å². The van der Waals surface area contributed by atoms with E-state index in [9.17, 15) is 45.2 Å². The number of halogens is 4. The van der Waals surface area contributed by atoms with Gasteiger partial charge in [-0.15, -0.1) is 0 Å². The zero-order valence-electron chi connectivity index (χ0n) is 22.8. The lowest BCUT2D eigenvalue weighted by Crippen LogP contribution is -2.60. The molecule has 3 aliphatic rings. The van der Waals surface area contributed by atoms with Gasteiger partial charge in [-0.05, 0) is 49.0 Å². The quantitative estimate of drug-likeness (QED) is 0.364. The minimum absolute atomic E-state index is 0.0826. The Bertz CT molecular complexity index is 1170. The molecular weight excluding hydrogens is 560 g/mol. The topological polar surface area (TPSA) is 142 Å². The van der Waals surface area contributed by atoms with Gasteiger partial charge in [0.05, 0.1) is 6.04 Å². The van der Waals surface area contributed by atoms with Crippen LogP contribution in [0.15, 0.2) is 11.2 Å². The number of amides is 4. The summed E-state index contributed by atoms with van der Waals surface area (Å²) < 4.78 is 77.1. The van der Waals surface area contributed by atoms with Crippen LogP contribution in [0.2, 0.25) is 0 Å². The second-order valence-electron chi connectivity index (χ2n) is 11.9. The average molecular weight is 597 g/mol. The zero-order valence-corrected chi connectivity index (χ0v) is 23.6. The fourth-order valence-corrected chi connectivity index (χ4v) is 6.20. The van der Waals surface area contributed by atoms with Crippen molar-refractivity contribution in [2.45, 2.75) is 77.2 Å². The van der Waals surface area contributed by atoms with E-state index in [-0.39, 0.29) is 30.7 Å². The first-order valence-electron chi connectivity index (χ1n) is 13.1. The third kappa shape index (κ3) is 7.32. The van der Waals surface area contributed by atoms with E-state index < -0.39 is 68.4 Å². The number of rotatable bonds is 8. The SMILES string of the molecule is CC(C)(C)[C@@H](NC(=O)C(F)(F)F)C(=O)N1C[C@H]2CCC[C@H]2[C@H]1C(=O)N[C@H](/C=C(/F)S(C)(=O)=O)C[C@@H]1CCNC1=O. The molecule has 3 N–H and O–H groups in total. The van der Waals surface area contributed by atoms with E-state index in [0.717, 1.165) is 6.42 Å². The van der Waals surface area contributed by atoms with Gasteiger partial charge in [0.2, 0.25) is 32.7 Å². The van der Waals surface area contributed by atoms with Crippen LogP contribution >= 0.6 is 0 Å². The maximum atomic E-state index is 14.5. The van der Waals surface area contributed by atoms with Crippen molar-refractivity contribution in [3.8, 4) is 0 Å². The maximum Gasteiger partial charge on any atom is 0.471 e. The molecule has 3 fully saturated rings. The summed E-state index contributed by atoms with van der Waals surface area (Å²) in [6.45, 7) is 4.91. The minimum atomic E-state index is -5.22. The van der Waals surface area contributed by atoms with Gasteiger partial charge in [0, 0.05) is 25.3 Å². The first kappa shape index (κ1) is 31.8. The summed E-state index contributed by atoms with van der Waals surface area (Å²) in [6.07, 6.45) is -1.55. The fourth-order valence-electron chi connectivity index (χ4n) is 5.79. The molecule has 4 amide bonds. The van der Waals surface area contributed by atoms with Crippen LogP contribution in [0.3, 0.4) is 0 Å². The Morgan fingerprint density at radius 1 is 1.12 bits per heavy atom. The van der Waals surface area contributed by atoms with Crippen LogP contribution in [0.5, 0.6) is 0 Å². The standard InChI is InChI=1S/C25H36F4N4O6S/c1-24(2,3)19(32-23(37)25(27,28)29)22(36)33-12-14-6-5-7-16(14)18(33)21(35)31-15(11-17(26)40(4,38)39)10-13-8-9-30-20(13)34/h11,13-16,18-19H,5-10,12H2,1-4H3,(H,30,34)(H,31,35)(H,32,37)/b17-11-/t13-,14+,15-,16+,18-,19-/m0/s1. The molecular formula is C25H36F4N4O6S. The molecule has 15 heteroatoms.